The second-order valence-electron chi connectivity index (χ2n) is 4.87. The molecule has 1 aromatic heterocycles. The van der Waals surface area contributed by atoms with Crippen LogP contribution in [0.5, 0.6) is 0 Å². The van der Waals surface area contributed by atoms with Crippen LogP contribution < -0.4 is 5.32 Å². The number of rotatable bonds is 7. The Balaban J connectivity index is 1.72. The van der Waals surface area contributed by atoms with Gasteiger partial charge in [-0.25, -0.2) is 0 Å². The smallest absolute Gasteiger partial charge is 0.0534 e. The summed E-state index contributed by atoms with van der Waals surface area (Å²) < 4.78 is 1.98. The summed E-state index contributed by atoms with van der Waals surface area (Å²) >= 11 is 0. The fourth-order valence-electron chi connectivity index (χ4n) is 1.89. The molecule has 16 heavy (non-hydrogen) atoms. The van der Waals surface area contributed by atoms with Gasteiger partial charge < -0.3 is 10.4 Å². The van der Waals surface area contributed by atoms with E-state index in [1.165, 1.54) is 5.56 Å². The molecule has 0 saturated heterocycles. The lowest BCUT2D eigenvalue weighted by atomic mass is 10.1. The standard InChI is InChI=1S/C12H21N3O/c1-2-5-15-8-11(7-14-15)6-13-9-12(10-16)3-4-12/h7-8,13,16H,2-6,9-10H2,1H3. The van der Waals surface area contributed by atoms with Gasteiger partial charge in [-0.3, -0.25) is 4.68 Å². The Bertz CT molecular complexity index is 331. The Labute approximate surface area is 96.7 Å². The SMILES string of the molecule is CCCn1cc(CNCC2(CO)CC2)cn1. The molecule has 1 aliphatic rings. The van der Waals surface area contributed by atoms with Crippen molar-refractivity contribution in [1.29, 1.82) is 0 Å². The lowest BCUT2D eigenvalue weighted by Gasteiger charge is -2.11. The number of aryl methyl sites for hydroxylation is 1. The Morgan fingerprint density at radius 3 is 3.00 bits per heavy atom. The molecule has 0 unspecified atom stereocenters. The monoisotopic (exact) mass is 223 g/mol. The molecule has 0 amide bonds. The van der Waals surface area contributed by atoms with Gasteiger partial charge in [-0.05, 0) is 19.3 Å². The van der Waals surface area contributed by atoms with Crippen molar-refractivity contribution in [3.63, 3.8) is 0 Å². The van der Waals surface area contributed by atoms with E-state index in [2.05, 4.69) is 23.5 Å². The molecule has 1 aromatic rings. The Morgan fingerprint density at radius 1 is 1.56 bits per heavy atom. The van der Waals surface area contributed by atoms with Crippen LogP contribution in [0.3, 0.4) is 0 Å². The predicted molar refractivity (Wildman–Crippen MR) is 63.0 cm³/mol. The molecule has 4 heteroatoms. The highest BCUT2D eigenvalue weighted by molar-refractivity contribution is 5.04. The molecule has 0 aromatic carbocycles. The Kier molecular flexibility index (Phi) is 3.61. The maximum atomic E-state index is 9.17. The number of hydrogen-bond acceptors (Lipinski definition) is 3. The quantitative estimate of drug-likeness (QED) is 0.729. The van der Waals surface area contributed by atoms with Crippen LogP contribution in [0.1, 0.15) is 31.7 Å². The van der Waals surface area contributed by atoms with Crippen molar-refractivity contribution in [2.75, 3.05) is 13.2 Å². The second-order valence-corrected chi connectivity index (χ2v) is 4.87. The summed E-state index contributed by atoms with van der Waals surface area (Å²) in [6.07, 6.45) is 7.44. The molecule has 90 valence electrons. The maximum absolute atomic E-state index is 9.17. The molecule has 1 aliphatic carbocycles. The third kappa shape index (κ3) is 2.83. The van der Waals surface area contributed by atoms with Crippen LogP contribution in [0.4, 0.5) is 0 Å². The van der Waals surface area contributed by atoms with Crippen LogP contribution in [-0.2, 0) is 13.1 Å². The van der Waals surface area contributed by atoms with Crippen molar-refractivity contribution in [3.05, 3.63) is 18.0 Å². The van der Waals surface area contributed by atoms with E-state index in [-0.39, 0.29) is 5.41 Å². The average molecular weight is 223 g/mol. The lowest BCUT2D eigenvalue weighted by molar-refractivity contribution is 0.207. The summed E-state index contributed by atoms with van der Waals surface area (Å²) in [7, 11) is 0. The highest BCUT2D eigenvalue weighted by Crippen LogP contribution is 2.44. The van der Waals surface area contributed by atoms with Gasteiger partial charge in [-0.15, -0.1) is 0 Å². The molecule has 1 saturated carbocycles. The zero-order valence-electron chi connectivity index (χ0n) is 9.95. The minimum atomic E-state index is 0.194. The fraction of sp³-hybridized carbons (Fsp3) is 0.750. The molecule has 0 spiro atoms. The number of aliphatic hydroxyl groups excluding tert-OH is 1. The molecular formula is C12H21N3O. The van der Waals surface area contributed by atoms with Gasteiger partial charge in [0.15, 0.2) is 0 Å². The second kappa shape index (κ2) is 4.97. The van der Waals surface area contributed by atoms with Crippen molar-refractivity contribution in [3.8, 4) is 0 Å². The molecule has 0 radical (unpaired) electrons. The molecule has 1 fully saturated rings. The van der Waals surface area contributed by atoms with Crippen LogP contribution in [0, 0.1) is 5.41 Å². The summed E-state index contributed by atoms with van der Waals surface area (Å²) in [6, 6.07) is 0. The van der Waals surface area contributed by atoms with Gasteiger partial charge in [0.2, 0.25) is 0 Å². The molecule has 4 nitrogen and oxygen atoms in total. The van der Waals surface area contributed by atoms with Crippen LogP contribution >= 0.6 is 0 Å². The molecule has 2 N–H and O–H groups in total. The number of nitrogens with one attached hydrogen (secondary N) is 1. The van der Waals surface area contributed by atoms with Crippen molar-refractivity contribution in [2.24, 2.45) is 5.41 Å². The summed E-state index contributed by atoms with van der Waals surface area (Å²) in [5, 5.41) is 16.9. The first kappa shape index (κ1) is 11.6. The van der Waals surface area contributed by atoms with Gasteiger partial charge in [0.1, 0.15) is 0 Å². The van der Waals surface area contributed by atoms with E-state index >= 15 is 0 Å². The van der Waals surface area contributed by atoms with Gasteiger partial charge in [0.25, 0.3) is 0 Å². The molecule has 1 heterocycles. The van der Waals surface area contributed by atoms with E-state index in [0.717, 1.165) is 38.9 Å². The van der Waals surface area contributed by atoms with Crippen molar-refractivity contribution >= 4 is 0 Å². The van der Waals surface area contributed by atoms with Crippen LogP contribution in [0.15, 0.2) is 12.4 Å². The van der Waals surface area contributed by atoms with Crippen molar-refractivity contribution < 1.29 is 5.11 Å². The Morgan fingerprint density at radius 2 is 2.38 bits per heavy atom. The first-order valence-corrected chi connectivity index (χ1v) is 6.11. The molecule has 0 atom stereocenters. The summed E-state index contributed by atoms with van der Waals surface area (Å²) in [5.41, 5.74) is 1.42. The van der Waals surface area contributed by atoms with E-state index in [1.807, 2.05) is 10.9 Å². The van der Waals surface area contributed by atoms with Gasteiger partial charge in [0.05, 0.1) is 6.20 Å². The first-order valence-electron chi connectivity index (χ1n) is 6.11. The zero-order chi connectivity index (χ0) is 11.4. The maximum Gasteiger partial charge on any atom is 0.0534 e. The summed E-state index contributed by atoms with van der Waals surface area (Å²) in [5.74, 6) is 0. The third-order valence-corrected chi connectivity index (χ3v) is 3.26. The summed E-state index contributed by atoms with van der Waals surface area (Å²) in [4.78, 5) is 0. The van der Waals surface area contributed by atoms with E-state index in [0.29, 0.717) is 6.61 Å². The minimum absolute atomic E-state index is 0.194. The van der Waals surface area contributed by atoms with E-state index in [9.17, 15) is 5.11 Å². The number of nitrogens with zero attached hydrogens (tertiary/aromatic N) is 2. The van der Waals surface area contributed by atoms with Gasteiger partial charge >= 0.3 is 0 Å². The molecule has 2 rings (SSSR count). The van der Waals surface area contributed by atoms with Crippen LogP contribution in [0.25, 0.3) is 0 Å². The van der Waals surface area contributed by atoms with Crippen molar-refractivity contribution in [1.82, 2.24) is 15.1 Å². The topological polar surface area (TPSA) is 50.1 Å². The number of hydrogen-bond donors (Lipinski definition) is 2. The van der Waals surface area contributed by atoms with E-state index in [1.54, 1.807) is 0 Å². The third-order valence-electron chi connectivity index (χ3n) is 3.26. The molecule has 0 aliphatic heterocycles. The van der Waals surface area contributed by atoms with E-state index < -0.39 is 0 Å². The van der Waals surface area contributed by atoms with Crippen molar-refractivity contribution in [2.45, 2.75) is 39.3 Å². The predicted octanol–water partition coefficient (Wildman–Crippen LogP) is 1.16. The van der Waals surface area contributed by atoms with Crippen LogP contribution in [0.2, 0.25) is 0 Å². The summed E-state index contributed by atoms with van der Waals surface area (Å²) in [6.45, 7) is 5.22. The lowest BCUT2D eigenvalue weighted by Crippen LogP contribution is -2.25. The van der Waals surface area contributed by atoms with E-state index in [4.69, 9.17) is 0 Å². The Hall–Kier alpha value is -0.870. The molecule has 0 bridgehead atoms. The number of aliphatic hydroxyl groups is 1. The van der Waals surface area contributed by atoms with Gasteiger partial charge in [0, 0.05) is 43.4 Å². The fourth-order valence-corrected chi connectivity index (χ4v) is 1.89. The first-order chi connectivity index (χ1) is 7.78. The highest BCUT2D eigenvalue weighted by atomic mass is 16.3. The number of aromatic nitrogens is 2. The minimum Gasteiger partial charge on any atom is -0.396 e. The largest absolute Gasteiger partial charge is 0.396 e. The normalized spacial score (nSPS) is 17.6. The average Bonchev–Trinajstić information content (AvgIpc) is 2.94. The van der Waals surface area contributed by atoms with Gasteiger partial charge in [-0.1, -0.05) is 6.92 Å². The van der Waals surface area contributed by atoms with Crippen LogP contribution in [-0.4, -0.2) is 28.0 Å². The van der Waals surface area contributed by atoms with Gasteiger partial charge in [-0.2, -0.15) is 5.10 Å². The molecular weight excluding hydrogens is 202 g/mol. The highest BCUT2D eigenvalue weighted by Gasteiger charge is 2.41. The zero-order valence-corrected chi connectivity index (χ0v) is 9.95.